The van der Waals surface area contributed by atoms with Crippen LogP contribution in [0.3, 0.4) is 0 Å². The van der Waals surface area contributed by atoms with Gasteiger partial charge in [0.25, 0.3) is 0 Å². The average Bonchev–Trinajstić information content (AvgIpc) is 2.48. The molecule has 2 nitrogen and oxygen atoms in total. The van der Waals surface area contributed by atoms with E-state index in [1.807, 2.05) is 0 Å². The number of halogens is 3. The standard InChI is InChI=1S/C10H14F3NO/c11-10(12,13)7-1-3-9(4-2-7)5-6-14-8(9)15/h7H,1-6H2,(H,14,15). The molecule has 2 rings (SSSR count). The fourth-order valence-electron chi connectivity index (χ4n) is 2.69. The lowest BCUT2D eigenvalue weighted by atomic mass is 9.69. The van der Waals surface area contributed by atoms with E-state index in [9.17, 15) is 18.0 Å². The fraction of sp³-hybridized carbons (Fsp3) is 0.900. The van der Waals surface area contributed by atoms with Crippen molar-refractivity contribution in [1.82, 2.24) is 5.32 Å². The second kappa shape index (κ2) is 3.39. The summed E-state index contributed by atoms with van der Waals surface area (Å²) in [6, 6.07) is 0. The number of alkyl halides is 3. The molecule has 15 heavy (non-hydrogen) atoms. The van der Waals surface area contributed by atoms with Crippen molar-refractivity contribution in [1.29, 1.82) is 0 Å². The second-order valence-corrected chi connectivity index (χ2v) is 4.60. The maximum atomic E-state index is 12.4. The van der Waals surface area contributed by atoms with Gasteiger partial charge in [-0.1, -0.05) is 0 Å². The molecule has 1 heterocycles. The van der Waals surface area contributed by atoms with Gasteiger partial charge in [0.15, 0.2) is 0 Å². The molecule has 1 aliphatic heterocycles. The molecule has 5 heteroatoms. The van der Waals surface area contributed by atoms with Crippen molar-refractivity contribution in [2.45, 2.75) is 38.3 Å². The second-order valence-electron chi connectivity index (χ2n) is 4.60. The summed E-state index contributed by atoms with van der Waals surface area (Å²) >= 11 is 0. The van der Waals surface area contributed by atoms with Crippen LogP contribution in [-0.2, 0) is 4.79 Å². The van der Waals surface area contributed by atoms with Gasteiger partial charge in [0, 0.05) is 6.54 Å². The highest BCUT2D eigenvalue weighted by Gasteiger charge is 2.50. The number of hydrogen-bond acceptors (Lipinski definition) is 1. The maximum Gasteiger partial charge on any atom is 0.391 e. The van der Waals surface area contributed by atoms with Crippen LogP contribution in [0.15, 0.2) is 0 Å². The van der Waals surface area contributed by atoms with Crippen LogP contribution in [0.5, 0.6) is 0 Å². The summed E-state index contributed by atoms with van der Waals surface area (Å²) < 4.78 is 37.2. The Morgan fingerprint density at radius 1 is 1.20 bits per heavy atom. The molecule has 1 aliphatic carbocycles. The molecule has 1 spiro atoms. The van der Waals surface area contributed by atoms with E-state index in [0.717, 1.165) is 0 Å². The van der Waals surface area contributed by atoms with Gasteiger partial charge in [-0.2, -0.15) is 13.2 Å². The van der Waals surface area contributed by atoms with Crippen molar-refractivity contribution in [3.63, 3.8) is 0 Å². The molecule has 0 atom stereocenters. The molecule has 1 amide bonds. The molecule has 1 saturated carbocycles. The Labute approximate surface area is 86.2 Å². The van der Waals surface area contributed by atoms with Gasteiger partial charge in [0.05, 0.1) is 11.3 Å². The Balaban J connectivity index is 2.00. The van der Waals surface area contributed by atoms with Gasteiger partial charge < -0.3 is 5.32 Å². The first-order valence-corrected chi connectivity index (χ1v) is 5.29. The molecular weight excluding hydrogens is 207 g/mol. The van der Waals surface area contributed by atoms with Crippen LogP contribution in [0.25, 0.3) is 0 Å². The van der Waals surface area contributed by atoms with E-state index in [-0.39, 0.29) is 18.7 Å². The minimum absolute atomic E-state index is 0.0388. The maximum absolute atomic E-state index is 12.4. The fourth-order valence-corrected chi connectivity index (χ4v) is 2.69. The van der Waals surface area contributed by atoms with E-state index in [2.05, 4.69) is 5.32 Å². The van der Waals surface area contributed by atoms with Gasteiger partial charge in [-0.05, 0) is 32.1 Å². The summed E-state index contributed by atoms with van der Waals surface area (Å²) in [6.45, 7) is 0.621. The van der Waals surface area contributed by atoms with E-state index >= 15 is 0 Å². The number of carbonyl (C=O) groups is 1. The van der Waals surface area contributed by atoms with Gasteiger partial charge in [-0.3, -0.25) is 4.79 Å². The predicted molar refractivity (Wildman–Crippen MR) is 48.1 cm³/mol. The highest BCUT2D eigenvalue weighted by molar-refractivity contribution is 5.84. The van der Waals surface area contributed by atoms with Gasteiger partial charge in [0.2, 0.25) is 5.91 Å². The summed E-state index contributed by atoms with van der Waals surface area (Å²) in [5.74, 6) is -1.24. The molecular formula is C10H14F3NO. The molecule has 0 aromatic heterocycles. The molecule has 0 unspecified atom stereocenters. The smallest absolute Gasteiger partial charge is 0.356 e. The monoisotopic (exact) mass is 221 g/mol. The highest BCUT2D eigenvalue weighted by atomic mass is 19.4. The molecule has 0 bridgehead atoms. The largest absolute Gasteiger partial charge is 0.391 e. The van der Waals surface area contributed by atoms with Crippen molar-refractivity contribution < 1.29 is 18.0 Å². The van der Waals surface area contributed by atoms with Crippen molar-refractivity contribution in [2.75, 3.05) is 6.54 Å². The minimum atomic E-state index is -4.09. The highest BCUT2D eigenvalue weighted by Crippen LogP contribution is 2.48. The van der Waals surface area contributed by atoms with Gasteiger partial charge >= 0.3 is 6.18 Å². The molecule has 0 aromatic carbocycles. The van der Waals surface area contributed by atoms with Crippen molar-refractivity contribution in [3.05, 3.63) is 0 Å². The van der Waals surface area contributed by atoms with E-state index in [1.54, 1.807) is 0 Å². The van der Waals surface area contributed by atoms with Crippen LogP contribution in [0, 0.1) is 11.3 Å². The van der Waals surface area contributed by atoms with Crippen molar-refractivity contribution in [2.24, 2.45) is 11.3 Å². The van der Waals surface area contributed by atoms with Crippen LogP contribution in [0.4, 0.5) is 13.2 Å². The quantitative estimate of drug-likeness (QED) is 0.667. The average molecular weight is 221 g/mol. The van der Waals surface area contributed by atoms with Crippen LogP contribution in [0.1, 0.15) is 32.1 Å². The lowest BCUT2D eigenvalue weighted by molar-refractivity contribution is -0.188. The van der Waals surface area contributed by atoms with Crippen LogP contribution in [0.2, 0.25) is 0 Å². The number of hydrogen-bond donors (Lipinski definition) is 1. The van der Waals surface area contributed by atoms with Crippen LogP contribution >= 0.6 is 0 Å². The molecule has 0 aromatic rings. The topological polar surface area (TPSA) is 29.1 Å². The Hall–Kier alpha value is -0.740. The zero-order valence-electron chi connectivity index (χ0n) is 8.36. The molecule has 1 N–H and O–H groups in total. The summed E-state index contributed by atoms with van der Waals surface area (Å²) in [5, 5.41) is 2.71. The Kier molecular flexibility index (Phi) is 2.43. The Morgan fingerprint density at radius 3 is 2.20 bits per heavy atom. The first-order chi connectivity index (χ1) is 6.94. The number of rotatable bonds is 0. The third kappa shape index (κ3) is 1.84. The van der Waals surface area contributed by atoms with E-state index in [4.69, 9.17) is 0 Å². The molecule has 86 valence electrons. The number of amides is 1. The summed E-state index contributed by atoms with van der Waals surface area (Å²) in [4.78, 5) is 11.5. The first-order valence-electron chi connectivity index (χ1n) is 5.29. The molecule has 1 saturated heterocycles. The van der Waals surface area contributed by atoms with Crippen LogP contribution < -0.4 is 5.32 Å². The van der Waals surface area contributed by atoms with Crippen molar-refractivity contribution in [3.8, 4) is 0 Å². The van der Waals surface area contributed by atoms with Gasteiger partial charge in [-0.25, -0.2) is 0 Å². The lowest BCUT2D eigenvalue weighted by Crippen LogP contribution is -2.38. The summed E-state index contributed by atoms with van der Waals surface area (Å²) in [6.07, 6.45) is -2.38. The van der Waals surface area contributed by atoms with Gasteiger partial charge in [-0.15, -0.1) is 0 Å². The van der Waals surface area contributed by atoms with Crippen LogP contribution in [-0.4, -0.2) is 18.6 Å². The predicted octanol–water partition coefficient (Wildman–Crippen LogP) is 2.25. The molecule has 2 fully saturated rings. The van der Waals surface area contributed by atoms with Crippen molar-refractivity contribution >= 4 is 5.91 Å². The number of nitrogens with one attached hydrogen (secondary N) is 1. The Bertz CT molecular complexity index is 266. The normalized spacial score (nSPS) is 37.0. The Morgan fingerprint density at radius 2 is 1.80 bits per heavy atom. The molecule has 2 aliphatic rings. The third-order valence-corrected chi connectivity index (χ3v) is 3.78. The molecule has 0 radical (unpaired) electrons. The lowest BCUT2D eigenvalue weighted by Gasteiger charge is -2.35. The van der Waals surface area contributed by atoms with E-state index < -0.39 is 17.5 Å². The zero-order chi connectivity index (χ0) is 11.1. The summed E-state index contributed by atoms with van der Waals surface area (Å²) in [7, 11) is 0. The minimum Gasteiger partial charge on any atom is -0.356 e. The summed E-state index contributed by atoms with van der Waals surface area (Å²) in [5.41, 5.74) is -0.470. The number of carbonyl (C=O) groups excluding carboxylic acids is 1. The zero-order valence-corrected chi connectivity index (χ0v) is 8.36. The van der Waals surface area contributed by atoms with E-state index in [1.165, 1.54) is 0 Å². The first kappa shape index (κ1) is 10.8. The van der Waals surface area contributed by atoms with Gasteiger partial charge in [0.1, 0.15) is 0 Å². The SMILES string of the molecule is O=C1NCCC12CCC(C(F)(F)F)CC2. The van der Waals surface area contributed by atoms with E-state index in [0.29, 0.717) is 25.8 Å². The third-order valence-electron chi connectivity index (χ3n) is 3.78.